The van der Waals surface area contributed by atoms with E-state index in [1.807, 2.05) is 26.8 Å². The monoisotopic (exact) mass is 410 g/mol. The summed E-state index contributed by atoms with van der Waals surface area (Å²) < 4.78 is 22.6. The fraction of sp³-hybridized carbons (Fsp3) is 0.773. The summed E-state index contributed by atoms with van der Waals surface area (Å²) in [5.74, 6) is -0.987. The molecule has 0 aromatic heterocycles. The van der Waals surface area contributed by atoms with E-state index >= 15 is 0 Å². The van der Waals surface area contributed by atoms with Gasteiger partial charge in [-0.05, 0) is 53.0 Å². The average molecular weight is 411 g/mol. The summed E-state index contributed by atoms with van der Waals surface area (Å²) in [4.78, 5) is 12.3. The van der Waals surface area contributed by atoms with E-state index in [4.69, 9.17) is 18.9 Å². The Labute approximate surface area is 172 Å². The summed E-state index contributed by atoms with van der Waals surface area (Å²) in [5.41, 5.74) is -1.04. The van der Waals surface area contributed by atoms with Crippen molar-refractivity contribution >= 4 is 5.97 Å². The van der Waals surface area contributed by atoms with Gasteiger partial charge in [-0.15, -0.1) is 0 Å². The molecule has 2 heterocycles. The second-order valence-corrected chi connectivity index (χ2v) is 8.97. The van der Waals surface area contributed by atoms with Gasteiger partial charge in [0.15, 0.2) is 0 Å². The molecule has 7 nitrogen and oxygen atoms in total. The van der Waals surface area contributed by atoms with Crippen molar-refractivity contribution in [3.8, 4) is 0 Å². The Hall–Kier alpha value is -1.25. The van der Waals surface area contributed by atoms with Crippen molar-refractivity contribution in [3.05, 3.63) is 23.8 Å². The molecule has 164 valence electrons. The van der Waals surface area contributed by atoms with Crippen LogP contribution in [0.4, 0.5) is 0 Å². The standard InChI is InChI=1S/C22H34O7/c1-13(2)6-8-17(23)21(4)20-19(26-5)16(10-11-22(20,25)12-27-21)29-18(24)9-7-15-14(3)28-15/h6-7,9,14-17,19-20,23,25H,8,10-12H2,1-5H3/b9-7+/t14-,15-,16+,17?,19+,20+,21+,22-/m1/s1. The summed E-state index contributed by atoms with van der Waals surface area (Å²) in [7, 11) is 1.54. The molecule has 1 saturated carbocycles. The van der Waals surface area contributed by atoms with Crippen molar-refractivity contribution < 1.29 is 34.0 Å². The lowest BCUT2D eigenvalue weighted by atomic mass is 9.65. The fourth-order valence-corrected chi connectivity index (χ4v) is 4.69. The van der Waals surface area contributed by atoms with Gasteiger partial charge in [0, 0.05) is 13.2 Å². The minimum atomic E-state index is -1.13. The highest BCUT2D eigenvalue weighted by molar-refractivity contribution is 5.82. The minimum Gasteiger partial charge on any atom is -0.456 e. The number of hydrogen-bond acceptors (Lipinski definition) is 7. The summed E-state index contributed by atoms with van der Waals surface area (Å²) in [6.07, 6.45) is 4.47. The number of hydrogen-bond donors (Lipinski definition) is 2. The molecular formula is C22H34O7. The molecule has 8 atom stereocenters. The Morgan fingerprint density at radius 3 is 2.66 bits per heavy atom. The van der Waals surface area contributed by atoms with Gasteiger partial charge in [-0.3, -0.25) is 0 Å². The van der Waals surface area contributed by atoms with Crippen LogP contribution in [0, 0.1) is 5.92 Å². The third-order valence-electron chi connectivity index (χ3n) is 6.52. The molecule has 0 aromatic rings. The largest absolute Gasteiger partial charge is 0.456 e. The highest BCUT2D eigenvalue weighted by atomic mass is 16.6. The quantitative estimate of drug-likeness (QED) is 0.286. The highest BCUT2D eigenvalue weighted by Crippen LogP contribution is 2.51. The number of epoxide rings is 1. The molecule has 3 rings (SSSR count). The maximum absolute atomic E-state index is 12.3. The summed E-state index contributed by atoms with van der Waals surface area (Å²) in [6.45, 7) is 7.80. The first-order valence-corrected chi connectivity index (χ1v) is 10.4. The molecule has 1 unspecified atom stereocenters. The number of esters is 1. The normalized spacial score (nSPS) is 42.4. The molecular weight excluding hydrogens is 376 g/mol. The third kappa shape index (κ3) is 4.59. The first-order chi connectivity index (χ1) is 13.6. The predicted octanol–water partition coefficient (Wildman–Crippen LogP) is 1.90. The van der Waals surface area contributed by atoms with E-state index in [9.17, 15) is 15.0 Å². The van der Waals surface area contributed by atoms with Crippen molar-refractivity contribution in [1.29, 1.82) is 0 Å². The van der Waals surface area contributed by atoms with Crippen LogP contribution in [0.25, 0.3) is 0 Å². The number of ether oxygens (including phenoxy) is 4. The lowest BCUT2D eigenvalue weighted by Crippen LogP contribution is -2.61. The van der Waals surface area contributed by atoms with Gasteiger partial charge in [0.2, 0.25) is 0 Å². The van der Waals surface area contributed by atoms with Crippen molar-refractivity contribution in [1.82, 2.24) is 0 Å². The highest BCUT2D eigenvalue weighted by Gasteiger charge is 2.64. The molecule has 3 aliphatic rings. The Balaban J connectivity index is 1.75. The number of carbonyl (C=O) groups is 1. The van der Waals surface area contributed by atoms with E-state index in [0.29, 0.717) is 19.3 Å². The topological polar surface area (TPSA) is 97.8 Å². The van der Waals surface area contributed by atoms with E-state index < -0.39 is 41.4 Å². The van der Waals surface area contributed by atoms with Crippen molar-refractivity contribution in [2.75, 3.05) is 13.7 Å². The first-order valence-electron chi connectivity index (χ1n) is 10.4. The Morgan fingerprint density at radius 2 is 2.07 bits per heavy atom. The molecule has 2 N–H and O–H groups in total. The molecule has 0 aromatic carbocycles. The smallest absolute Gasteiger partial charge is 0.330 e. The van der Waals surface area contributed by atoms with Crippen molar-refractivity contribution in [2.45, 2.75) is 88.7 Å². The molecule has 0 spiro atoms. The Kier molecular flexibility index (Phi) is 6.56. The number of methoxy groups -OCH3 is 1. The second-order valence-electron chi connectivity index (χ2n) is 8.97. The molecule has 0 bridgehead atoms. The lowest BCUT2D eigenvalue weighted by Gasteiger charge is -2.48. The van der Waals surface area contributed by atoms with Gasteiger partial charge in [-0.25, -0.2) is 4.79 Å². The predicted molar refractivity (Wildman–Crippen MR) is 106 cm³/mol. The Bertz CT molecular complexity index is 670. The van der Waals surface area contributed by atoms with Crippen LogP contribution >= 0.6 is 0 Å². The van der Waals surface area contributed by atoms with Crippen LogP contribution in [0.2, 0.25) is 0 Å². The number of allylic oxidation sites excluding steroid dienone is 1. The van der Waals surface area contributed by atoms with Gasteiger partial charge in [0.05, 0.1) is 35.9 Å². The first kappa shape index (κ1) is 22.4. The van der Waals surface area contributed by atoms with Gasteiger partial charge in [-0.1, -0.05) is 11.6 Å². The van der Waals surface area contributed by atoms with E-state index in [1.54, 1.807) is 13.0 Å². The maximum Gasteiger partial charge on any atom is 0.330 e. The van der Waals surface area contributed by atoms with Gasteiger partial charge in [0.25, 0.3) is 0 Å². The van der Waals surface area contributed by atoms with Gasteiger partial charge >= 0.3 is 5.97 Å². The van der Waals surface area contributed by atoms with Crippen LogP contribution in [-0.4, -0.2) is 71.6 Å². The number of carbonyl (C=O) groups excluding carboxylic acids is 1. The summed E-state index contributed by atoms with van der Waals surface area (Å²) in [6, 6.07) is 0. The maximum atomic E-state index is 12.3. The van der Waals surface area contributed by atoms with E-state index in [0.717, 1.165) is 5.57 Å². The molecule has 29 heavy (non-hydrogen) atoms. The van der Waals surface area contributed by atoms with Crippen LogP contribution in [0.15, 0.2) is 23.8 Å². The molecule has 1 aliphatic carbocycles. The van der Waals surface area contributed by atoms with Crippen LogP contribution in [0.5, 0.6) is 0 Å². The van der Waals surface area contributed by atoms with Crippen LogP contribution in [-0.2, 0) is 23.7 Å². The van der Waals surface area contributed by atoms with Crippen LogP contribution in [0.1, 0.15) is 47.0 Å². The molecule has 3 fully saturated rings. The van der Waals surface area contributed by atoms with Gasteiger partial charge < -0.3 is 29.2 Å². The number of rotatable bonds is 7. The third-order valence-corrected chi connectivity index (χ3v) is 6.52. The van der Waals surface area contributed by atoms with Crippen molar-refractivity contribution in [3.63, 3.8) is 0 Å². The fourth-order valence-electron chi connectivity index (χ4n) is 4.69. The lowest BCUT2D eigenvalue weighted by molar-refractivity contribution is -0.194. The zero-order chi connectivity index (χ0) is 21.4. The minimum absolute atomic E-state index is 0.0334. The average Bonchev–Trinajstić information content (AvgIpc) is 3.31. The number of aliphatic hydroxyl groups is 2. The zero-order valence-electron chi connectivity index (χ0n) is 18.0. The number of aliphatic hydroxyl groups excluding tert-OH is 1. The summed E-state index contributed by atoms with van der Waals surface area (Å²) in [5, 5.41) is 22.1. The van der Waals surface area contributed by atoms with Crippen molar-refractivity contribution in [2.24, 2.45) is 5.92 Å². The Morgan fingerprint density at radius 1 is 1.38 bits per heavy atom. The van der Waals surface area contributed by atoms with E-state index in [1.165, 1.54) is 13.2 Å². The van der Waals surface area contributed by atoms with E-state index in [2.05, 4.69) is 0 Å². The molecule has 0 radical (unpaired) electrons. The summed E-state index contributed by atoms with van der Waals surface area (Å²) >= 11 is 0. The molecule has 0 amide bonds. The second kappa shape index (κ2) is 8.47. The van der Waals surface area contributed by atoms with Crippen LogP contribution < -0.4 is 0 Å². The van der Waals surface area contributed by atoms with E-state index in [-0.39, 0.29) is 18.8 Å². The molecule has 7 heteroatoms. The molecule has 2 saturated heterocycles. The number of fused-ring (bicyclic) bond motifs is 1. The zero-order valence-corrected chi connectivity index (χ0v) is 18.0. The van der Waals surface area contributed by atoms with Gasteiger partial charge in [0.1, 0.15) is 18.3 Å². The molecule has 2 aliphatic heterocycles. The van der Waals surface area contributed by atoms with Gasteiger partial charge in [-0.2, -0.15) is 0 Å². The van der Waals surface area contributed by atoms with Crippen LogP contribution in [0.3, 0.4) is 0 Å². The SMILES string of the molecule is CO[C@H]1[C@@H](OC(=O)/C=C/[C@H]2O[C@@H]2C)CC[C@@]2(O)CO[C@@](C)(C(O)CC=C(C)C)[C@H]12.